The highest BCUT2D eigenvalue weighted by molar-refractivity contribution is 6.32. The van der Waals surface area contributed by atoms with Crippen molar-refractivity contribution in [2.75, 3.05) is 26.2 Å². The van der Waals surface area contributed by atoms with E-state index in [0.29, 0.717) is 17.5 Å². The molecule has 0 bridgehead atoms. The number of nitrogens with two attached hydrogens (primary N) is 1. The molecule has 0 spiro atoms. The van der Waals surface area contributed by atoms with Crippen LogP contribution in [0.4, 0.5) is 0 Å². The second-order valence-electron chi connectivity index (χ2n) is 4.82. The van der Waals surface area contributed by atoms with Gasteiger partial charge in [-0.2, -0.15) is 0 Å². The van der Waals surface area contributed by atoms with Crippen LogP contribution in [0.15, 0.2) is 18.2 Å². The Morgan fingerprint density at radius 1 is 1.50 bits per heavy atom. The minimum absolute atomic E-state index is 0.642. The monoisotopic (exact) mass is 268 g/mol. The molecule has 0 aromatic heterocycles. The van der Waals surface area contributed by atoms with Gasteiger partial charge in [0.05, 0.1) is 11.6 Å². The topological polar surface area (TPSA) is 38.5 Å². The molecule has 2 N–H and O–H groups in total. The van der Waals surface area contributed by atoms with E-state index in [0.717, 1.165) is 31.9 Å². The van der Waals surface area contributed by atoms with Gasteiger partial charge in [-0.05, 0) is 50.0 Å². The maximum Gasteiger partial charge on any atom is 0.137 e. The van der Waals surface area contributed by atoms with Crippen LogP contribution in [-0.4, -0.2) is 31.1 Å². The number of nitrogens with zero attached hydrogens (tertiary/aromatic N) is 1. The van der Waals surface area contributed by atoms with Gasteiger partial charge in [0.2, 0.25) is 0 Å². The van der Waals surface area contributed by atoms with Crippen molar-refractivity contribution in [1.82, 2.24) is 4.90 Å². The van der Waals surface area contributed by atoms with Crippen LogP contribution in [0.3, 0.4) is 0 Å². The van der Waals surface area contributed by atoms with E-state index in [1.54, 1.807) is 0 Å². The Kier molecular flexibility index (Phi) is 4.87. The highest BCUT2D eigenvalue weighted by Crippen LogP contribution is 2.27. The quantitative estimate of drug-likeness (QED) is 0.892. The van der Waals surface area contributed by atoms with Gasteiger partial charge in [-0.15, -0.1) is 0 Å². The van der Waals surface area contributed by atoms with Crippen LogP contribution in [-0.2, 0) is 6.54 Å². The smallest absolute Gasteiger partial charge is 0.137 e. The number of ether oxygens (including phenoxy) is 1. The van der Waals surface area contributed by atoms with E-state index >= 15 is 0 Å². The second kappa shape index (κ2) is 6.41. The van der Waals surface area contributed by atoms with E-state index < -0.39 is 0 Å². The van der Waals surface area contributed by atoms with Gasteiger partial charge in [-0.3, -0.25) is 4.90 Å². The third-order valence-corrected chi connectivity index (χ3v) is 3.70. The Labute approximate surface area is 114 Å². The van der Waals surface area contributed by atoms with Crippen LogP contribution in [0, 0.1) is 5.92 Å². The molecule has 4 heteroatoms. The van der Waals surface area contributed by atoms with Crippen molar-refractivity contribution in [3.8, 4) is 5.75 Å². The number of rotatable bonds is 5. The molecule has 0 radical (unpaired) electrons. The van der Waals surface area contributed by atoms with Crippen LogP contribution < -0.4 is 10.5 Å². The number of hydrogen-bond acceptors (Lipinski definition) is 3. The lowest BCUT2D eigenvalue weighted by Gasteiger charge is -2.16. The molecule has 3 nitrogen and oxygen atoms in total. The molecular weight excluding hydrogens is 248 g/mol. The third-order valence-electron chi connectivity index (χ3n) is 3.41. The first-order chi connectivity index (χ1) is 8.72. The average Bonchev–Trinajstić information content (AvgIpc) is 2.80. The summed E-state index contributed by atoms with van der Waals surface area (Å²) in [5.41, 5.74) is 6.94. The van der Waals surface area contributed by atoms with E-state index in [4.69, 9.17) is 22.1 Å². The summed E-state index contributed by atoms with van der Waals surface area (Å²) >= 11 is 6.19. The largest absolute Gasteiger partial charge is 0.492 e. The van der Waals surface area contributed by atoms with Crippen LogP contribution >= 0.6 is 11.6 Å². The lowest BCUT2D eigenvalue weighted by molar-refractivity contribution is 0.317. The minimum Gasteiger partial charge on any atom is -0.492 e. The van der Waals surface area contributed by atoms with Gasteiger partial charge in [-0.1, -0.05) is 17.7 Å². The number of halogens is 1. The molecule has 0 unspecified atom stereocenters. The fourth-order valence-electron chi connectivity index (χ4n) is 2.42. The third kappa shape index (κ3) is 3.37. The summed E-state index contributed by atoms with van der Waals surface area (Å²) in [4.78, 5) is 2.43. The van der Waals surface area contributed by atoms with Crippen molar-refractivity contribution in [3.05, 3.63) is 28.8 Å². The van der Waals surface area contributed by atoms with Gasteiger partial charge in [0.15, 0.2) is 0 Å². The lowest BCUT2D eigenvalue weighted by atomic mass is 10.1. The van der Waals surface area contributed by atoms with Crippen molar-refractivity contribution < 1.29 is 4.74 Å². The van der Waals surface area contributed by atoms with Crippen molar-refractivity contribution >= 4 is 11.6 Å². The molecule has 1 aromatic carbocycles. The maximum absolute atomic E-state index is 6.19. The van der Waals surface area contributed by atoms with E-state index in [9.17, 15) is 0 Å². The van der Waals surface area contributed by atoms with Gasteiger partial charge in [0.25, 0.3) is 0 Å². The molecule has 1 saturated heterocycles. The molecule has 0 aliphatic carbocycles. The van der Waals surface area contributed by atoms with Crippen LogP contribution in [0.1, 0.15) is 18.9 Å². The summed E-state index contributed by atoms with van der Waals surface area (Å²) in [6.45, 7) is 6.57. The maximum atomic E-state index is 6.19. The Morgan fingerprint density at radius 2 is 2.33 bits per heavy atom. The molecule has 100 valence electrons. The second-order valence-corrected chi connectivity index (χ2v) is 5.23. The molecule has 1 aliphatic rings. The van der Waals surface area contributed by atoms with E-state index in [2.05, 4.69) is 11.0 Å². The molecule has 1 aromatic rings. The average molecular weight is 269 g/mol. The Hall–Kier alpha value is -0.770. The summed E-state index contributed by atoms with van der Waals surface area (Å²) in [5, 5.41) is 0.698. The van der Waals surface area contributed by atoms with E-state index in [-0.39, 0.29) is 0 Å². The SMILES string of the molecule is CCOc1ccc(CN2CC[C@H](CN)C2)cc1Cl. The summed E-state index contributed by atoms with van der Waals surface area (Å²) in [6.07, 6.45) is 1.21. The first kappa shape index (κ1) is 13.7. The first-order valence-electron chi connectivity index (χ1n) is 6.56. The minimum atomic E-state index is 0.642. The fourth-order valence-corrected chi connectivity index (χ4v) is 2.68. The van der Waals surface area contributed by atoms with Gasteiger partial charge in [0.1, 0.15) is 5.75 Å². The van der Waals surface area contributed by atoms with Gasteiger partial charge < -0.3 is 10.5 Å². The van der Waals surface area contributed by atoms with E-state index in [1.807, 2.05) is 19.1 Å². The zero-order valence-corrected chi connectivity index (χ0v) is 11.6. The molecule has 1 fully saturated rings. The standard InChI is InChI=1S/C14H21ClN2O/c1-2-18-14-4-3-11(7-13(14)15)9-17-6-5-12(8-16)10-17/h3-4,7,12H,2,5-6,8-10,16H2,1H3/t12-/m1/s1. The summed E-state index contributed by atoms with van der Waals surface area (Å²) in [5.74, 6) is 1.42. The number of hydrogen-bond donors (Lipinski definition) is 1. The molecule has 1 heterocycles. The molecule has 1 aliphatic heterocycles. The molecule has 18 heavy (non-hydrogen) atoms. The van der Waals surface area contributed by atoms with Gasteiger partial charge in [0, 0.05) is 13.1 Å². The zero-order valence-electron chi connectivity index (χ0n) is 10.9. The summed E-state index contributed by atoms with van der Waals surface area (Å²) in [7, 11) is 0. The van der Waals surface area contributed by atoms with Gasteiger partial charge in [-0.25, -0.2) is 0 Å². The van der Waals surface area contributed by atoms with Gasteiger partial charge >= 0.3 is 0 Å². The predicted octanol–water partition coefficient (Wildman–Crippen LogP) is 2.52. The Balaban J connectivity index is 1.96. The summed E-state index contributed by atoms with van der Waals surface area (Å²) < 4.78 is 5.43. The van der Waals surface area contributed by atoms with Crippen LogP contribution in [0.2, 0.25) is 5.02 Å². The number of likely N-dealkylation sites (tertiary alicyclic amines) is 1. The first-order valence-corrected chi connectivity index (χ1v) is 6.94. The fraction of sp³-hybridized carbons (Fsp3) is 0.571. The Morgan fingerprint density at radius 3 is 2.94 bits per heavy atom. The molecule has 0 amide bonds. The Bertz CT molecular complexity index is 397. The predicted molar refractivity (Wildman–Crippen MR) is 75.1 cm³/mol. The summed E-state index contributed by atoms with van der Waals surface area (Å²) in [6, 6.07) is 6.05. The van der Waals surface area contributed by atoms with Crippen molar-refractivity contribution in [1.29, 1.82) is 0 Å². The van der Waals surface area contributed by atoms with Crippen molar-refractivity contribution in [3.63, 3.8) is 0 Å². The van der Waals surface area contributed by atoms with Crippen molar-refractivity contribution in [2.45, 2.75) is 19.9 Å². The molecule has 2 rings (SSSR count). The number of benzene rings is 1. The van der Waals surface area contributed by atoms with Crippen LogP contribution in [0.5, 0.6) is 5.75 Å². The normalized spacial score (nSPS) is 20.3. The molecule has 1 atom stereocenters. The van der Waals surface area contributed by atoms with E-state index in [1.165, 1.54) is 12.0 Å². The highest BCUT2D eigenvalue weighted by atomic mass is 35.5. The molecular formula is C14H21ClN2O. The van der Waals surface area contributed by atoms with Crippen LogP contribution in [0.25, 0.3) is 0 Å². The lowest BCUT2D eigenvalue weighted by Crippen LogP contribution is -2.22. The highest BCUT2D eigenvalue weighted by Gasteiger charge is 2.21. The zero-order chi connectivity index (χ0) is 13.0. The molecule has 0 saturated carbocycles. The van der Waals surface area contributed by atoms with Crippen molar-refractivity contribution in [2.24, 2.45) is 11.7 Å².